The van der Waals surface area contributed by atoms with Gasteiger partial charge < -0.3 is 19.9 Å². The van der Waals surface area contributed by atoms with Gasteiger partial charge in [-0.15, -0.1) is 0 Å². The zero-order valence-corrected chi connectivity index (χ0v) is 16.3. The van der Waals surface area contributed by atoms with Crippen LogP contribution < -0.4 is 15.0 Å². The van der Waals surface area contributed by atoms with Gasteiger partial charge in [0.2, 0.25) is 5.91 Å². The fourth-order valence-corrected chi connectivity index (χ4v) is 3.03. The van der Waals surface area contributed by atoms with Gasteiger partial charge >= 0.3 is 0 Å². The number of aliphatic imine (C=N–C) groups is 1. The molecule has 1 unspecified atom stereocenters. The third kappa shape index (κ3) is 4.79. The van der Waals surface area contributed by atoms with Crippen LogP contribution in [0.2, 0.25) is 0 Å². The maximum absolute atomic E-state index is 13.0. The van der Waals surface area contributed by atoms with Gasteiger partial charge in [-0.25, -0.2) is 4.39 Å². The molecule has 1 atom stereocenters. The van der Waals surface area contributed by atoms with Crippen molar-refractivity contribution in [2.75, 3.05) is 38.1 Å². The second kappa shape index (κ2) is 8.73. The molecule has 2 heterocycles. The first-order valence-corrected chi connectivity index (χ1v) is 9.13. The predicted octanol–water partition coefficient (Wildman–Crippen LogP) is 1.25. The van der Waals surface area contributed by atoms with E-state index in [1.54, 1.807) is 35.0 Å². The molecule has 2 aromatic rings. The summed E-state index contributed by atoms with van der Waals surface area (Å²) < 4.78 is 20.4. The van der Waals surface area contributed by atoms with Crippen LogP contribution in [0.25, 0.3) is 0 Å². The zero-order valence-electron chi connectivity index (χ0n) is 16.3. The molecule has 8 nitrogen and oxygen atoms in total. The average Bonchev–Trinajstić information content (AvgIpc) is 3.10. The fourth-order valence-electron chi connectivity index (χ4n) is 3.03. The summed E-state index contributed by atoms with van der Waals surface area (Å²) in [6, 6.07) is 5.91. The highest BCUT2D eigenvalue weighted by Crippen LogP contribution is 2.16. The zero-order chi connectivity index (χ0) is 20.1. The Morgan fingerprint density at radius 1 is 1.36 bits per heavy atom. The van der Waals surface area contributed by atoms with Crippen molar-refractivity contribution < 1.29 is 13.9 Å². The minimum atomic E-state index is -0.298. The average molecular weight is 388 g/mol. The lowest BCUT2D eigenvalue weighted by molar-refractivity contribution is -0.120. The summed E-state index contributed by atoms with van der Waals surface area (Å²) in [4.78, 5) is 20.5. The fraction of sp³-hybridized carbons (Fsp3) is 0.421. The summed E-state index contributed by atoms with van der Waals surface area (Å²) in [7, 11) is 3.51. The highest BCUT2D eigenvalue weighted by molar-refractivity contribution is 5.98. The van der Waals surface area contributed by atoms with Crippen LogP contribution in [0, 0.1) is 5.82 Å². The van der Waals surface area contributed by atoms with E-state index in [0.29, 0.717) is 31.3 Å². The van der Waals surface area contributed by atoms with Crippen molar-refractivity contribution in [3.8, 4) is 5.75 Å². The van der Waals surface area contributed by atoms with Crippen molar-refractivity contribution in [2.24, 2.45) is 12.0 Å². The van der Waals surface area contributed by atoms with Gasteiger partial charge in [0.15, 0.2) is 5.96 Å². The molecule has 3 rings (SSSR count). The second-order valence-electron chi connectivity index (χ2n) is 6.65. The quantitative estimate of drug-likeness (QED) is 0.616. The molecule has 0 radical (unpaired) electrons. The standard InChI is InChI=1S/C19H25FN6O2/c1-14(28-17-6-4-15(20)5-7-17)10-22-19(21-2)25-8-9-26(18(27)13-25)16-11-23-24(3)12-16/h4-7,11-12,14H,8-10,13H2,1-3H3,(H,21,22). The third-order valence-electron chi connectivity index (χ3n) is 4.43. The van der Waals surface area contributed by atoms with Crippen LogP contribution in [0.5, 0.6) is 5.75 Å². The number of aromatic nitrogens is 2. The lowest BCUT2D eigenvalue weighted by Crippen LogP contribution is -2.56. The molecule has 1 saturated heterocycles. The van der Waals surface area contributed by atoms with Gasteiger partial charge in [-0.3, -0.25) is 14.5 Å². The Balaban J connectivity index is 1.51. The first-order chi connectivity index (χ1) is 13.5. The van der Waals surface area contributed by atoms with Crippen molar-refractivity contribution in [3.63, 3.8) is 0 Å². The molecular weight excluding hydrogens is 363 g/mol. The Bertz CT molecular complexity index is 835. The van der Waals surface area contributed by atoms with E-state index in [9.17, 15) is 9.18 Å². The van der Waals surface area contributed by atoms with Crippen LogP contribution in [0.3, 0.4) is 0 Å². The number of carbonyl (C=O) groups excluding carboxylic acids is 1. The summed E-state index contributed by atoms with van der Waals surface area (Å²) in [5, 5.41) is 7.36. The number of rotatable bonds is 5. The Morgan fingerprint density at radius 2 is 2.11 bits per heavy atom. The lowest BCUT2D eigenvalue weighted by atomic mass is 10.3. The number of aryl methyl sites for hydroxylation is 1. The monoisotopic (exact) mass is 388 g/mol. The number of piperazine rings is 1. The Hall–Kier alpha value is -3.10. The number of hydrogen-bond acceptors (Lipinski definition) is 4. The maximum atomic E-state index is 13.0. The highest BCUT2D eigenvalue weighted by Gasteiger charge is 2.27. The first kappa shape index (κ1) is 19.7. The Morgan fingerprint density at radius 3 is 2.71 bits per heavy atom. The van der Waals surface area contributed by atoms with Gasteiger partial charge in [-0.1, -0.05) is 0 Å². The minimum absolute atomic E-state index is 0.00203. The minimum Gasteiger partial charge on any atom is -0.489 e. The lowest BCUT2D eigenvalue weighted by Gasteiger charge is -2.35. The van der Waals surface area contributed by atoms with Crippen LogP contribution in [-0.4, -0.2) is 65.9 Å². The molecule has 1 aromatic carbocycles. The molecule has 0 spiro atoms. The molecule has 28 heavy (non-hydrogen) atoms. The third-order valence-corrected chi connectivity index (χ3v) is 4.43. The number of benzene rings is 1. The number of carbonyl (C=O) groups is 1. The van der Waals surface area contributed by atoms with E-state index >= 15 is 0 Å². The van der Waals surface area contributed by atoms with E-state index in [2.05, 4.69) is 15.4 Å². The molecule has 1 aliphatic rings. The van der Waals surface area contributed by atoms with Crippen LogP contribution in [0.1, 0.15) is 6.92 Å². The van der Waals surface area contributed by atoms with E-state index in [0.717, 1.165) is 5.69 Å². The van der Waals surface area contributed by atoms with Crippen molar-refractivity contribution in [3.05, 3.63) is 42.5 Å². The van der Waals surface area contributed by atoms with Gasteiger partial charge in [0, 0.05) is 33.4 Å². The molecule has 1 N–H and O–H groups in total. The molecule has 0 bridgehead atoms. The van der Waals surface area contributed by atoms with Gasteiger partial charge in [0.1, 0.15) is 24.2 Å². The number of amides is 1. The van der Waals surface area contributed by atoms with Gasteiger partial charge in [0.25, 0.3) is 0 Å². The number of nitrogens with one attached hydrogen (secondary N) is 1. The smallest absolute Gasteiger partial charge is 0.246 e. The van der Waals surface area contributed by atoms with Crippen molar-refractivity contribution in [1.29, 1.82) is 0 Å². The molecule has 150 valence electrons. The van der Waals surface area contributed by atoms with E-state index in [-0.39, 0.29) is 24.4 Å². The highest BCUT2D eigenvalue weighted by atomic mass is 19.1. The summed E-state index contributed by atoms with van der Waals surface area (Å²) >= 11 is 0. The largest absolute Gasteiger partial charge is 0.489 e. The van der Waals surface area contributed by atoms with E-state index in [4.69, 9.17) is 4.74 Å². The predicted molar refractivity (Wildman–Crippen MR) is 105 cm³/mol. The molecule has 0 aliphatic carbocycles. The second-order valence-corrected chi connectivity index (χ2v) is 6.65. The topological polar surface area (TPSA) is 75.0 Å². The number of guanidine groups is 1. The van der Waals surface area contributed by atoms with Gasteiger partial charge in [-0.2, -0.15) is 5.10 Å². The van der Waals surface area contributed by atoms with Gasteiger partial charge in [0.05, 0.1) is 18.4 Å². The number of ether oxygens (including phenoxy) is 1. The number of anilines is 1. The summed E-state index contributed by atoms with van der Waals surface area (Å²) in [5.41, 5.74) is 0.802. The molecular formula is C19H25FN6O2. The van der Waals surface area contributed by atoms with E-state index in [1.165, 1.54) is 12.1 Å². The summed E-state index contributed by atoms with van der Waals surface area (Å²) in [5.74, 6) is 0.950. The maximum Gasteiger partial charge on any atom is 0.246 e. The Kier molecular flexibility index (Phi) is 6.13. The van der Waals surface area contributed by atoms with Crippen LogP contribution in [0.15, 0.2) is 41.7 Å². The van der Waals surface area contributed by atoms with E-state index < -0.39 is 0 Å². The molecule has 1 aromatic heterocycles. The van der Waals surface area contributed by atoms with Crippen LogP contribution in [-0.2, 0) is 11.8 Å². The molecule has 0 saturated carbocycles. The first-order valence-electron chi connectivity index (χ1n) is 9.13. The van der Waals surface area contributed by atoms with Crippen LogP contribution in [0.4, 0.5) is 10.1 Å². The SMILES string of the molecule is CN=C(NCC(C)Oc1ccc(F)cc1)N1CCN(c2cnn(C)c2)C(=O)C1. The summed E-state index contributed by atoms with van der Waals surface area (Å²) in [6.07, 6.45) is 3.36. The van der Waals surface area contributed by atoms with Crippen molar-refractivity contribution in [1.82, 2.24) is 20.0 Å². The number of hydrogen-bond donors (Lipinski definition) is 1. The molecule has 1 aliphatic heterocycles. The summed E-state index contributed by atoms with van der Waals surface area (Å²) in [6.45, 7) is 3.87. The Labute approximate surface area is 163 Å². The normalized spacial score (nSPS) is 16.3. The van der Waals surface area contributed by atoms with E-state index in [1.807, 2.05) is 25.1 Å². The molecule has 1 fully saturated rings. The van der Waals surface area contributed by atoms with Gasteiger partial charge in [-0.05, 0) is 31.2 Å². The van der Waals surface area contributed by atoms with Crippen molar-refractivity contribution >= 4 is 17.6 Å². The number of nitrogens with zero attached hydrogens (tertiary/aromatic N) is 5. The van der Waals surface area contributed by atoms with Crippen LogP contribution >= 0.6 is 0 Å². The molecule has 9 heteroatoms. The number of halogens is 1. The van der Waals surface area contributed by atoms with Crippen molar-refractivity contribution in [2.45, 2.75) is 13.0 Å². The molecule has 1 amide bonds.